The lowest BCUT2D eigenvalue weighted by molar-refractivity contribution is -0.133. The molecule has 0 spiro atoms. The SMILES string of the molecule is CC1CCCNC1CC(=O)N(C)CC(C)(C)O. The Bertz CT molecular complexity index is 261. The van der Waals surface area contributed by atoms with Crippen LogP contribution in [0.25, 0.3) is 0 Å². The van der Waals surface area contributed by atoms with Gasteiger partial charge in [0.2, 0.25) is 5.91 Å². The van der Waals surface area contributed by atoms with Crippen molar-refractivity contribution >= 4 is 5.91 Å². The molecule has 0 saturated carbocycles. The topological polar surface area (TPSA) is 52.6 Å². The van der Waals surface area contributed by atoms with Crippen molar-refractivity contribution in [3.8, 4) is 0 Å². The Morgan fingerprint density at radius 3 is 2.71 bits per heavy atom. The van der Waals surface area contributed by atoms with Crippen molar-refractivity contribution in [3.63, 3.8) is 0 Å². The molecule has 0 radical (unpaired) electrons. The van der Waals surface area contributed by atoms with E-state index in [1.807, 2.05) is 0 Å². The minimum atomic E-state index is -0.823. The Balaban J connectivity index is 2.42. The molecule has 2 atom stereocenters. The number of hydrogen-bond acceptors (Lipinski definition) is 3. The molecule has 1 fully saturated rings. The summed E-state index contributed by atoms with van der Waals surface area (Å²) in [5.74, 6) is 0.668. The molecule has 17 heavy (non-hydrogen) atoms. The molecule has 4 nitrogen and oxygen atoms in total. The number of carbonyl (C=O) groups excluding carboxylic acids is 1. The van der Waals surface area contributed by atoms with Crippen molar-refractivity contribution in [2.45, 2.75) is 51.7 Å². The third-order valence-electron chi connectivity index (χ3n) is 3.37. The van der Waals surface area contributed by atoms with E-state index in [0.29, 0.717) is 24.9 Å². The van der Waals surface area contributed by atoms with E-state index in [0.717, 1.165) is 6.54 Å². The number of amides is 1. The maximum atomic E-state index is 12.0. The maximum Gasteiger partial charge on any atom is 0.223 e. The fourth-order valence-corrected chi connectivity index (χ4v) is 2.40. The van der Waals surface area contributed by atoms with Crippen LogP contribution in [0.5, 0.6) is 0 Å². The van der Waals surface area contributed by atoms with Gasteiger partial charge in [0.15, 0.2) is 0 Å². The second kappa shape index (κ2) is 5.83. The Labute approximate surface area is 104 Å². The number of nitrogens with zero attached hydrogens (tertiary/aromatic N) is 1. The van der Waals surface area contributed by atoms with Gasteiger partial charge in [-0.1, -0.05) is 6.92 Å². The lowest BCUT2D eigenvalue weighted by Gasteiger charge is -2.32. The zero-order valence-electron chi connectivity index (χ0n) is 11.5. The minimum Gasteiger partial charge on any atom is -0.389 e. The standard InChI is InChI=1S/C13H26N2O2/c1-10-6-5-7-14-11(10)8-12(16)15(4)9-13(2,3)17/h10-11,14,17H,5-9H2,1-4H3. The summed E-state index contributed by atoms with van der Waals surface area (Å²) in [5, 5.41) is 13.1. The van der Waals surface area contributed by atoms with Crippen LogP contribution >= 0.6 is 0 Å². The second-order valence-electron chi connectivity index (χ2n) is 5.95. The molecule has 0 aromatic carbocycles. The van der Waals surface area contributed by atoms with Gasteiger partial charge in [-0.25, -0.2) is 0 Å². The van der Waals surface area contributed by atoms with Crippen LogP contribution in [0.15, 0.2) is 0 Å². The Kier molecular flexibility index (Phi) is 4.95. The van der Waals surface area contributed by atoms with Crippen molar-refractivity contribution in [1.82, 2.24) is 10.2 Å². The van der Waals surface area contributed by atoms with E-state index in [2.05, 4.69) is 12.2 Å². The van der Waals surface area contributed by atoms with Crippen LogP contribution in [-0.4, -0.2) is 47.7 Å². The monoisotopic (exact) mass is 242 g/mol. The van der Waals surface area contributed by atoms with Crippen LogP contribution in [0, 0.1) is 5.92 Å². The molecule has 100 valence electrons. The largest absolute Gasteiger partial charge is 0.389 e. The molecule has 2 N–H and O–H groups in total. The predicted octanol–water partition coefficient (Wildman–Crippen LogP) is 0.994. The Morgan fingerprint density at radius 1 is 1.53 bits per heavy atom. The predicted molar refractivity (Wildman–Crippen MR) is 68.7 cm³/mol. The fraction of sp³-hybridized carbons (Fsp3) is 0.923. The summed E-state index contributed by atoms with van der Waals surface area (Å²) in [6.45, 7) is 7.03. The van der Waals surface area contributed by atoms with Gasteiger partial charge in [0, 0.05) is 26.1 Å². The number of hydrogen-bond donors (Lipinski definition) is 2. The number of piperidine rings is 1. The van der Waals surface area contributed by atoms with Gasteiger partial charge in [-0.05, 0) is 39.2 Å². The lowest BCUT2D eigenvalue weighted by Crippen LogP contribution is -2.46. The highest BCUT2D eigenvalue weighted by Crippen LogP contribution is 2.18. The number of aliphatic hydroxyl groups is 1. The quantitative estimate of drug-likeness (QED) is 0.773. The molecule has 1 aliphatic rings. The molecular formula is C13H26N2O2. The first-order valence-corrected chi connectivity index (χ1v) is 6.49. The first-order chi connectivity index (χ1) is 7.79. The lowest BCUT2D eigenvalue weighted by atomic mass is 9.90. The van der Waals surface area contributed by atoms with Gasteiger partial charge in [-0.2, -0.15) is 0 Å². The highest BCUT2D eigenvalue weighted by Gasteiger charge is 2.26. The van der Waals surface area contributed by atoms with Crippen LogP contribution in [0.1, 0.15) is 40.0 Å². The van der Waals surface area contributed by atoms with Gasteiger partial charge in [-0.15, -0.1) is 0 Å². The number of rotatable bonds is 4. The molecule has 1 heterocycles. The molecule has 1 amide bonds. The molecule has 0 aliphatic carbocycles. The van der Waals surface area contributed by atoms with Gasteiger partial charge < -0.3 is 15.3 Å². The first kappa shape index (κ1) is 14.5. The van der Waals surface area contributed by atoms with Gasteiger partial charge in [0.25, 0.3) is 0 Å². The van der Waals surface area contributed by atoms with Crippen molar-refractivity contribution in [2.24, 2.45) is 5.92 Å². The molecule has 4 heteroatoms. The van der Waals surface area contributed by atoms with E-state index in [-0.39, 0.29) is 5.91 Å². The van der Waals surface area contributed by atoms with E-state index >= 15 is 0 Å². The highest BCUT2D eigenvalue weighted by molar-refractivity contribution is 5.76. The normalized spacial score (nSPS) is 25.7. The highest BCUT2D eigenvalue weighted by atomic mass is 16.3. The molecule has 1 aliphatic heterocycles. The van der Waals surface area contributed by atoms with Crippen molar-refractivity contribution < 1.29 is 9.90 Å². The molecular weight excluding hydrogens is 216 g/mol. The average molecular weight is 242 g/mol. The number of nitrogens with one attached hydrogen (secondary N) is 1. The zero-order valence-corrected chi connectivity index (χ0v) is 11.5. The van der Waals surface area contributed by atoms with E-state index in [9.17, 15) is 9.90 Å². The third-order valence-corrected chi connectivity index (χ3v) is 3.37. The smallest absolute Gasteiger partial charge is 0.223 e. The molecule has 1 saturated heterocycles. The molecule has 0 aromatic heterocycles. The molecule has 1 rings (SSSR count). The van der Waals surface area contributed by atoms with Crippen LogP contribution in [0.3, 0.4) is 0 Å². The van der Waals surface area contributed by atoms with Crippen LogP contribution in [-0.2, 0) is 4.79 Å². The van der Waals surface area contributed by atoms with Gasteiger partial charge >= 0.3 is 0 Å². The van der Waals surface area contributed by atoms with Crippen LogP contribution < -0.4 is 5.32 Å². The molecule has 0 bridgehead atoms. The summed E-state index contributed by atoms with van der Waals surface area (Å²) in [7, 11) is 1.76. The van der Waals surface area contributed by atoms with Crippen molar-refractivity contribution in [2.75, 3.05) is 20.1 Å². The van der Waals surface area contributed by atoms with Gasteiger partial charge in [0.05, 0.1) is 5.60 Å². The Morgan fingerprint density at radius 2 is 2.18 bits per heavy atom. The number of likely N-dealkylation sites (N-methyl/N-ethyl adjacent to an activating group) is 1. The van der Waals surface area contributed by atoms with Crippen LogP contribution in [0.2, 0.25) is 0 Å². The van der Waals surface area contributed by atoms with Gasteiger partial charge in [-0.3, -0.25) is 4.79 Å². The Hall–Kier alpha value is -0.610. The van der Waals surface area contributed by atoms with Crippen LogP contribution in [0.4, 0.5) is 0 Å². The summed E-state index contributed by atoms with van der Waals surface area (Å²) in [6, 6.07) is 0.292. The molecule has 0 aromatic rings. The molecule has 2 unspecified atom stereocenters. The second-order valence-corrected chi connectivity index (χ2v) is 5.95. The summed E-state index contributed by atoms with van der Waals surface area (Å²) in [4.78, 5) is 13.6. The third kappa shape index (κ3) is 5.04. The maximum absolute atomic E-state index is 12.0. The summed E-state index contributed by atoms with van der Waals surface area (Å²) < 4.78 is 0. The van der Waals surface area contributed by atoms with Crippen molar-refractivity contribution in [1.29, 1.82) is 0 Å². The first-order valence-electron chi connectivity index (χ1n) is 6.49. The van der Waals surface area contributed by atoms with Crippen molar-refractivity contribution in [3.05, 3.63) is 0 Å². The zero-order chi connectivity index (χ0) is 13.1. The average Bonchev–Trinajstić information content (AvgIpc) is 2.18. The van der Waals surface area contributed by atoms with E-state index in [1.54, 1.807) is 25.8 Å². The number of carbonyl (C=O) groups is 1. The van der Waals surface area contributed by atoms with E-state index in [4.69, 9.17) is 0 Å². The fourth-order valence-electron chi connectivity index (χ4n) is 2.40. The summed E-state index contributed by atoms with van der Waals surface area (Å²) >= 11 is 0. The van der Waals surface area contributed by atoms with E-state index in [1.165, 1.54) is 12.8 Å². The summed E-state index contributed by atoms with van der Waals surface area (Å²) in [6.07, 6.45) is 2.93. The minimum absolute atomic E-state index is 0.110. The van der Waals surface area contributed by atoms with E-state index < -0.39 is 5.60 Å². The summed E-state index contributed by atoms with van der Waals surface area (Å²) in [5.41, 5.74) is -0.823. The van der Waals surface area contributed by atoms with Gasteiger partial charge in [0.1, 0.15) is 0 Å².